The van der Waals surface area contributed by atoms with Gasteiger partial charge in [0, 0.05) is 12.2 Å². The molecule has 3 nitrogen and oxygen atoms in total. The van der Waals surface area contributed by atoms with Crippen LogP contribution in [0.2, 0.25) is 10.0 Å². The number of nitrogens with one attached hydrogen (secondary N) is 1. The average molecular weight is 271 g/mol. The van der Waals surface area contributed by atoms with Gasteiger partial charge in [0.1, 0.15) is 6.10 Å². The summed E-state index contributed by atoms with van der Waals surface area (Å²) in [6.07, 6.45) is -4.59. The fourth-order valence-electron chi connectivity index (χ4n) is 1.06. The smallest absolute Gasteiger partial charge is 0.265 e. The number of rotatable bonds is 4. The van der Waals surface area contributed by atoms with Gasteiger partial charge in [0.15, 0.2) is 0 Å². The maximum Gasteiger partial charge on any atom is 0.265 e. The van der Waals surface area contributed by atoms with Crippen LogP contribution in [0.5, 0.6) is 0 Å². The van der Waals surface area contributed by atoms with Gasteiger partial charge in [-0.15, -0.1) is 0 Å². The van der Waals surface area contributed by atoms with Gasteiger partial charge in [0.05, 0.1) is 15.7 Å². The molecule has 0 aliphatic carbocycles. The van der Waals surface area contributed by atoms with Crippen molar-refractivity contribution in [2.24, 2.45) is 0 Å². The summed E-state index contributed by atoms with van der Waals surface area (Å²) in [7, 11) is 0. The van der Waals surface area contributed by atoms with Gasteiger partial charge in [0.25, 0.3) is 6.43 Å². The maximum absolute atomic E-state index is 12.0. The van der Waals surface area contributed by atoms with Gasteiger partial charge in [-0.1, -0.05) is 23.2 Å². The normalized spacial score (nSPS) is 12.9. The predicted molar refractivity (Wildman–Crippen MR) is 61.4 cm³/mol. The summed E-state index contributed by atoms with van der Waals surface area (Å²) in [6, 6.07) is 2.87. The number of aliphatic hydroxyl groups is 1. The largest absolute Gasteiger partial charge is 0.399 e. The number of alkyl halides is 2. The van der Waals surface area contributed by atoms with Crippen LogP contribution in [0.1, 0.15) is 0 Å². The Morgan fingerprint density at radius 2 is 1.81 bits per heavy atom. The molecule has 90 valence electrons. The average Bonchev–Trinajstić information content (AvgIpc) is 2.15. The summed E-state index contributed by atoms with van der Waals surface area (Å²) in [6.45, 7) is -0.346. The first kappa shape index (κ1) is 13.3. The molecule has 0 saturated heterocycles. The van der Waals surface area contributed by atoms with E-state index in [1.54, 1.807) is 0 Å². The van der Waals surface area contributed by atoms with Crippen molar-refractivity contribution < 1.29 is 13.9 Å². The van der Waals surface area contributed by atoms with E-state index in [-0.39, 0.29) is 22.3 Å². The molecule has 0 aromatic heterocycles. The molecule has 1 aromatic rings. The fourth-order valence-corrected chi connectivity index (χ4v) is 1.69. The summed E-state index contributed by atoms with van der Waals surface area (Å²) in [5, 5.41) is 11.9. The lowest BCUT2D eigenvalue weighted by Gasteiger charge is -2.14. The molecule has 0 aliphatic heterocycles. The quantitative estimate of drug-likeness (QED) is 0.738. The van der Waals surface area contributed by atoms with Crippen LogP contribution in [-0.2, 0) is 0 Å². The van der Waals surface area contributed by atoms with Crippen LogP contribution in [0.3, 0.4) is 0 Å². The first-order valence-electron chi connectivity index (χ1n) is 4.36. The molecular formula is C9H10Cl2F2N2O. The van der Waals surface area contributed by atoms with Gasteiger partial charge < -0.3 is 16.2 Å². The highest BCUT2D eigenvalue weighted by Crippen LogP contribution is 2.32. The number of aliphatic hydroxyl groups excluding tert-OH is 1. The molecule has 1 rings (SSSR count). The first-order chi connectivity index (χ1) is 7.41. The number of nitrogens with two attached hydrogens (primary N) is 1. The van der Waals surface area contributed by atoms with Gasteiger partial charge in [-0.3, -0.25) is 0 Å². The van der Waals surface area contributed by atoms with Crippen molar-refractivity contribution in [3.8, 4) is 0 Å². The van der Waals surface area contributed by atoms with Crippen molar-refractivity contribution in [1.29, 1.82) is 0 Å². The van der Waals surface area contributed by atoms with Crippen LogP contribution in [-0.4, -0.2) is 24.2 Å². The summed E-state index contributed by atoms with van der Waals surface area (Å²) in [5.41, 5.74) is 6.11. The van der Waals surface area contributed by atoms with Crippen molar-refractivity contribution in [2.75, 3.05) is 17.6 Å². The van der Waals surface area contributed by atoms with Crippen molar-refractivity contribution in [1.82, 2.24) is 0 Å². The van der Waals surface area contributed by atoms with E-state index in [2.05, 4.69) is 5.32 Å². The molecule has 1 unspecified atom stereocenters. The lowest BCUT2D eigenvalue weighted by molar-refractivity contribution is 0.00385. The van der Waals surface area contributed by atoms with Crippen LogP contribution in [0.4, 0.5) is 20.2 Å². The molecule has 16 heavy (non-hydrogen) atoms. The Balaban J connectivity index is 2.74. The third-order valence-electron chi connectivity index (χ3n) is 1.84. The van der Waals surface area contributed by atoms with Crippen LogP contribution >= 0.6 is 23.2 Å². The number of hydrogen-bond donors (Lipinski definition) is 3. The standard InChI is InChI=1S/C9H10Cl2F2N2O/c10-5-1-4(14)2-6(11)8(5)15-3-7(16)9(12)13/h1-2,7,9,15-16H,3,14H2. The molecule has 7 heteroatoms. The Bertz CT molecular complexity index is 354. The van der Waals surface area contributed by atoms with Gasteiger partial charge in [-0.25, -0.2) is 8.78 Å². The van der Waals surface area contributed by atoms with Crippen LogP contribution < -0.4 is 11.1 Å². The Labute approximate surface area is 101 Å². The van der Waals surface area contributed by atoms with Crippen LogP contribution in [0.15, 0.2) is 12.1 Å². The highest BCUT2D eigenvalue weighted by molar-refractivity contribution is 6.39. The molecule has 0 radical (unpaired) electrons. The van der Waals surface area contributed by atoms with Gasteiger partial charge in [-0.05, 0) is 12.1 Å². The molecule has 0 spiro atoms. The minimum Gasteiger partial charge on any atom is -0.399 e. The molecule has 0 saturated carbocycles. The number of nitrogen functional groups attached to an aromatic ring is 1. The zero-order valence-corrected chi connectivity index (χ0v) is 9.56. The van der Waals surface area contributed by atoms with E-state index in [1.807, 2.05) is 0 Å². The second-order valence-corrected chi connectivity index (χ2v) is 3.96. The summed E-state index contributed by atoms with van der Waals surface area (Å²) >= 11 is 11.6. The molecular weight excluding hydrogens is 261 g/mol. The van der Waals surface area contributed by atoms with E-state index < -0.39 is 12.5 Å². The van der Waals surface area contributed by atoms with E-state index in [0.29, 0.717) is 5.69 Å². The Hall–Kier alpha value is -0.780. The minimum atomic E-state index is -2.82. The Morgan fingerprint density at radius 1 is 1.31 bits per heavy atom. The lowest BCUT2D eigenvalue weighted by atomic mass is 10.2. The fraction of sp³-hybridized carbons (Fsp3) is 0.333. The lowest BCUT2D eigenvalue weighted by Crippen LogP contribution is -2.26. The molecule has 1 atom stereocenters. The highest BCUT2D eigenvalue weighted by Gasteiger charge is 2.17. The van der Waals surface area contributed by atoms with E-state index in [0.717, 1.165) is 0 Å². The zero-order chi connectivity index (χ0) is 12.3. The third kappa shape index (κ3) is 3.37. The molecule has 1 aromatic carbocycles. The summed E-state index contributed by atoms with van der Waals surface area (Å²) in [4.78, 5) is 0. The van der Waals surface area contributed by atoms with Gasteiger partial charge in [-0.2, -0.15) is 0 Å². The van der Waals surface area contributed by atoms with Gasteiger partial charge >= 0.3 is 0 Å². The Morgan fingerprint density at radius 3 is 2.25 bits per heavy atom. The second-order valence-electron chi connectivity index (χ2n) is 3.14. The van der Waals surface area contributed by atoms with E-state index in [9.17, 15) is 8.78 Å². The van der Waals surface area contributed by atoms with Crippen LogP contribution in [0, 0.1) is 0 Å². The predicted octanol–water partition coefficient (Wildman–Crippen LogP) is 2.61. The second kappa shape index (κ2) is 5.52. The van der Waals surface area contributed by atoms with Gasteiger partial charge in [0.2, 0.25) is 0 Å². The summed E-state index contributed by atoms with van der Waals surface area (Å²) < 4.78 is 24.0. The molecule has 0 fully saturated rings. The molecule has 0 heterocycles. The highest BCUT2D eigenvalue weighted by atomic mass is 35.5. The molecule has 4 N–H and O–H groups in total. The molecule has 0 aliphatic rings. The van der Waals surface area contributed by atoms with E-state index in [4.69, 9.17) is 34.0 Å². The van der Waals surface area contributed by atoms with E-state index in [1.165, 1.54) is 12.1 Å². The molecule has 0 bridgehead atoms. The number of hydrogen-bond acceptors (Lipinski definition) is 3. The van der Waals surface area contributed by atoms with E-state index >= 15 is 0 Å². The summed E-state index contributed by atoms with van der Waals surface area (Å²) in [5.74, 6) is 0. The van der Waals surface area contributed by atoms with Crippen LogP contribution in [0.25, 0.3) is 0 Å². The zero-order valence-electron chi connectivity index (χ0n) is 8.05. The van der Waals surface area contributed by atoms with Crippen molar-refractivity contribution in [3.63, 3.8) is 0 Å². The number of halogens is 4. The molecule has 0 amide bonds. The monoisotopic (exact) mass is 270 g/mol. The number of benzene rings is 1. The third-order valence-corrected chi connectivity index (χ3v) is 2.44. The first-order valence-corrected chi connectivity index (χ1v) is 5.12. The van der Waals surface area contributed by atoms with Crippen molar-refractivity contribution in [3.05, 3.63) is 22.2 Å². The van der Waals surface area contributed by atoms with Crippen molar-refractivity contribution in [2.45, 2.75) is 12.5 Å². The maximum atomic E-state index is 12.0. The van der Waals surface area contributed by atoms with Crippen molar-refractivity contribution >= 4 is 34.6 Å². The SMILES string of the molecule is Nc1cc(Cl)c(NCC(O)C(F)F)c(Cl)c1. The number of anilines is 2. The Kier molecular flexibility index (Phi) is 4.58. The topological polar surface area (TPSA) is 58.3 Å². The minimum absolute atomic E-state index is 0.214.